The second-order valence-corrected chi connectivity index (χ2v) is 6.19. The summed E-state index contributed by atoms with van der Waals surface area (Å²) >= 11 is 0. The van der Waals surface area contributed by atoms with Gasteiger partial charge in [-0.25, -0.2) is 18.9 Å². The number of cyclic esters (lactones) is 1. The lowest BCUT2D eigenvalue weighted by Gasteiger charge is -2.14. The second kappa shape index (κ2) is 7.41. The first-order chi connectivity index (χ1) is 13.6. The number of amides is 1. The summed E-state index contributed by atoms with van der Waals surface area (Å²) in [5.74, 6) is -0.527. The van der Waals surface area contributed by atoms with Gasteiger partial charge in [-0.2, -0.15) is 5.10 Å². The van der Waals surface area contributed by atoms with Crippen LogP contribution in [0.2, 0.25) is 0 Å². The molecule has 1 aliphatic rings. The van der Waals surface area contributed by atoms with Crippen molar-refractivity contribution in [1.82, 2.24) is 19.3 Å². The van der Waals surface area contributed by atoms with Crippen LogP contribution in [0.4, 0.5) is 14.9 Å². The Hall–Kier alpha value is -3.85. The number of anilines is 1. The molecule has 3 heterocycles. The Morgan fingerprint density at radius 3 is 3.07 bits per heavy atom. The quantitative estimate of drug-likeness (QED) is 0.370. The third-order valence-corrected chi connectivity index (χ3v) is 4.27. The SMILES string of the molecule is [N-]=[N+]=NCC1CN(c2ccc(-n3cc(Cn4ccnc4)cn3)c(F)c2)C(=O)O1. The van der Waals surface area contributed by atoms with E-state index in [1.165, 1.54) is 15.6 Å². The van der Waals surface area contributed by atoms with Crippen LogP contribution in [0.5, 0.6) is 0 Å². The van der Waals surface area contributed by atoms with Gasteiger partial charge < -0.3 is 9.30 Å². The predicted molar refractivity (Wildman–Crippen MR) is 96.5 cm³/mol. The van der Waals surface area contributed by atoms with Crippen LogP contribution in [0.1, 0.15) is 5.56 Å². The van der Waals surface area contributed by atoms with E-state index in [1.807, 2.05) is 10.8 Å². The largest absolute Gasteiger partial charge is 0.444 e. The lowest BCUT2D eigenvalue weighted by Crippen LogP contribution is -2.25. The summed E-state index contributed by atoms with van der Waals surface area (Å²) < 4.78 is 23.1. The standard InChI is InChI=1S/C17H15FN8O2/c18-15-5-13(25-10-14(7-21-23-19)28-17(25)27)1-2-16(15)26-9-12(6-22-26)8-24-4-3-20-11-24/h1-6,9,11,14H,7-8,10H2. The maximum absolute atomic E-state index is 14.7. The summed E-state index contributed by atoms with van der Waals surface area (Å²) in [6.45, 7) is 0.797. The molecule has 1 atom stereocenters. The lowest BCUT2D eigenvalue weighted by molar-refractivity contribution is 0.145. The third kappa shape index (κ3) is 3.51. The molecular formula is C17H15FN8O2. The predicted octanol–water partition coefficient (Wildman–Crippen LogP) is 2.89. The monoisotopic (exact) mass is 382 g/mol. The first kappa shape index (κ1) is 17.6. The molecule has 0 spiro atoms. The first-order valence-electron chi connectivity index (χ1n) is 8.42. The highest BCUT2D eigenvalue weighted by atomic mass is 19.1. The molecule has 1 unspecified atom stereocenters. The van der Waals surface area contributed by atoms with Crippen LogP contribution in [0, 0.1) is 5.82 Å². The maximum Gasteiger partial charge on any atom is 0.414 e. The molecule has 10 nitrogen and oxygen atoms in total. The number of imidazole rings is 1. The van der Waals surface area contributed by atoms with Gasteiger partial charge >= 0.3 is 6.09 Å². The van der Waals surface area contributed by atoms with E-state index in [-0.39, 0.29) is 18.8 Å². The van der Waals surface area contributed by atoms with Crippen molar-refractivity contribution >= 4 is 11.8 Å². The van der Waals surface area contributed by atoms with Gasteiger partial charge in [0.05, 0.1) is 37.8 Å². The minimum atomic E-state index is -0.605. The highest BCUT2D eigenvalue weighted by Gasteiger charge is 2.32. The summed E-state index contributed by atoms with van der Waals surface area (Å²) in [6, 6.07) is 4.42. The minimum Gasteiger partial charge on any atom is -0.444 e. The molecule has 0 bridgehead atoms. The topological polar surface area (TPSA) is 114 Å². The average Bonchev–Trinajstić information content (AvgIpc) is 3.42. The maximum atomic E-state index is 14.7. The number of carbonyl (C=O) groups excluding carboxylic acids is 1. The van der Waals surface area contributed by atoms with E-state index in [4.69, 9.17) is 10.3 Å². The van der Waals surface area contributed by atoms with E-state index in [2.05, 4.69) is 20.1 Å². The number of hydrogen-bond acceptors (Lipinski definition) is 5. The number of nitrogens with zero attached hydrogens (tertiary/aromatic N) is 8. The molecule has 0 aliphatic carbocycles. The number of carbonyl (C=O) groups is 1. The zero-order valence-corrected chi connectivity index (χ0v) is 14.6. The fourth-order valence-electron chi connectivity index (χ4n) is 2.97. The van der Waals surface area contributed by atoms with E-state index < -0.39 is 18.0 Å². The lowest BCUT2D eigenvalue weighted by atomic mass is 10.2. The molecule has 1 fully saturated rings. The van der Waals surface area contributed by atoms with Gasteiger partial charge in [-0.15, -0.1) is 0 Å². The molecule has 0 saturated carbocycles. The number of aromatic nitrogens is 4. The molecule has 1 aliphatic heterocycles. The van der Waals surface area contributed by atoms with Gasteiger partial charge in [-0.05, 0) is 23.7 Å². The van der Waals surface area contributed by atoms with Crippen molar-refractivity contribution in [3.8, 4) is 5.69 Å². The Bertz CT molecular complexity index is 1040. The van der Waals surface area contributed by atoms with Gasteiger partial charge in [0, 0.05) is 29.1 Å². The molecule has 4 rings (SSSR count). The Kier molecular flexibility index (Phi) is 4.65. The zero-order valence-electron chi connectivity index (χ0n) is 14.6. The Balaban J connectivity index is 1.51. The van der Waals surface area contributed by atoms with E-state index >= 15 is 0 Å². The summed E-state index contributed by atoms with van der Waals surface area (Å²) in [4.78, 5) is 19.9. The molecule has 1 saturated heterocycles. The van der Waals surface area contributed by atoms with Gasteiger partial charge in [-0.3, -0.25) is 4.90 Å². The molecule has 0 N–H and O–H groups in total. The molecule has 142 valence electrons. The van der Waals surface area contributed by atoms with E-state index in [0.29, 0.717) is 12.2 Å². The number of hydrogen-bond donors (Lipinski definition) is 0. The number of ether oxygens (including phenoxy) is 1. The molecule has 2 aromatic heterocycles. The van der Waals surface area contributed by atoms with E-state index in [1.54, 1.807) is 37.1 Å². The van der Waals surface area contributed by atoms with E-state index in [0.717, 1.165) is 5.56 Å². The fraction of sp³-hybridized carbons (Fsp3) is 0.235. The Morgan fingerprint density at radius 2 is 2.32 bits per heavy atom. The summed E-state index contributed by atoms with van der Waals surface area (Å²) in [6.07, 6.45) is 7.44. The number of halogens is 1. The molecular weight excluding hydrogens is 367 g/mol. The summed E-state index contributed by atoms with van der Waals surface area (Å²) in [5, 5.41) is 7.61. The molecule has 1 aromatic carbocycles. The van der Waals surface area contributed by atoms with Gasteiger partial charge in [0.2, 0.25) is 0 Å². The van der Waals surface area contributed by atoms with Crippen LogP contribution in [0.25, 0.3) is 16.1 Å². The smallest absolute Gasteiger partial charge is 0.414 e. The summed E-state index contributed by atoms with van der Waals surface area (Å²) in [7, 11) is 0. The zero-order chi connectivity index (χ0) is 19.5. The Labute approximate surface area is 158 Å². The van der Waals surface area contributed by atoms with Gasteiger partial charge in [0.25, 0.3) is 0 Å². The second-order valence-electron chi connectivity index (χ2n) is 6.19. The molecule has 11 heteroatoms. The third-order valence-electron chi connectivity index (χ3n) is 4.27. The van der Waals surface area contributed by atoms with Crippen molar-refractivity contribution in [3.05, 3.63) is 71.1 Å². The molecule has 3 aromatic rings. The van der Waals surface area contributed by atoms with Gasteiger partial charge in [0.1, 0.15) is 11.8 Å². The van der Waals surface area contributed by atoms with Crippen LogP contribution in [0.15, 0.2) is 54.4 Å². The summed E-state index contributed by atoms with van der Waals surface area (Å²) in [5.41, 5.74) is 9.88. The van der Waals surface area contributed by atoms with Crippen molar-refractivity contribution in [2.75, 3.05) is 18.0 Å². The van der Waals surface area contributed by atoms with Crippen molar-refractivity contribution in [2.45, 2.75) is 12.6 Å². The van der Waals surface area contributed by atoms with Crippen LogP contribution >= 0.6 is 0 Å². The highest BCUT2D eigenvalue weighted by molar-refractivity contribution is 5.89. The van der Waals surface area contributed by atoms with Gasteiger partial charge in [0.15, 0.2) is 5.82 Å². The van der Waals surface area contributed by atoms with Crippen molar-refractivity contribution < 1.29 is 13.9 Å². The highest BCUT2D eigenvalue weighted by Crippen LogP contribution is 2.25. The average molecular weight is 382 g/mol. The van der Waals surface area contributed by atoms with Crippen molar-refractivity contribution in [2.24, 2.45) is 5.11 Å². The van der Waals surface area contributed by atoms with Crippen LogP contribution in [-0.2, 0) is 11.3 Å². The Morgan fingerprint density at radius 1 is 1.43 bits per heavy atom. The number of benzene rings is 1. The van der Waals surface area contributed by atoms with Crippen LogP contribution in [0.3, 0.4) is 0 Å². The van der Waals surface area contributed by atoms with Gasteiger partial charge in [-0.1, -0.05) is 5.11 Å². The molecule has 28 heavy (non-hydrogen) atoms. The minimum absolute atomic E-state index is 0.0340. The first-order valence-corrected chi connectivity index (χ1v) is 8.42. The van der Waals surface area contributed by atoms with E-state index in [9.17, 15) is 9.18 Å². The van der Waals surface area contributed by atoms with Crippen molar-refractivity contribution in [3.63, 3.8) is 0 Å². The fourth-order valence-corrected chi connectivity index (χ4v) is 2.97. The van der Waals surface area contributed by atoms with Crippen molar-refractivity contribution in [1.29, 1.82) is 0 Å². The van der Waals surface area contributed by atoms with Crippen LogP contribution < -0.4 is 4.90 Å². The molecule has 1 amide bonds. The molecule has 0 radical (unpaired) electrons. The number of azide groups is 1. The normalized spacial score (nSPS) is 16.1. The van der Waals surface area contributed by atoms with Crippen LogP contribution in [-0.4, -0.2) is 44.6 Å². The number of rotatable bonds is 6.